The number of carbonyl (C=O) groups excluding carboxylic acids is 1. The number of fused-ring (bicyclic) bond motifs is 1. The van der Waals surface area contributed by atoms with E-state index >= 15 is 0 Å². The molecule has 6 heteroatoms. The summed E-state index contributed by atoms with van der Waals surface area (Å²) in [7, 11) is 1.85. The van der Waals surface area contributed by atoms with E-state index in [9.17, 15) is 4.79 Å². The summed E-state index contributed by atoms with van der Waals surface area (Å²) in [6, 6.07) is 1.84. The second-order valence-corrected chi connectivity index (χ2v) is 5.88. The summed E-state index contributed by atoms with van der Waals surface area (Å²) in [4.78, 5) is 16.4. The lowest BCUT2D eigenvalue weighted by Crippen LogP contribution is -2.25. The molecule has 120 valence electrons. The molecule has 0 fully saturated rings. The van der Waals surface area contributed by atoms with Gasteiger partial charge < -0.3 is 10.1 Å². The lowest BCUT2D eigenvalue weighted by Gasteiger charge is -2.08. The topological polar surface area (TPSA) is 69.0 Å². The minimum atomic E-state index is -0.110. The molecule has 0 aliphatic heterocycles. The average Bonchev–Trinajstić information content (AvgIpc) is 2.76. The Bertz CT molecular complexity index is 649. The maximum atomic E-state index is 12.1. The van der Waals surface area contributed by atoms with E-state index in [1.165, 1.54) is 0 Å². The van der Waals surface area contributed by atoms with Gasteiger partial charge in [0.15, 0.2) is 5.65 Å². The van der Waals surface area contributed by atoms with Gasteiger partial charge in [0.25, 0.3) is 5.91 Å². The first-order valence-electron chi connectivity index (χ1n) is 7.64. The predicted molar refractivity (Wildman–Crippen MR) is 85.9 cm³/mol. The Hall–Kier alpha value is -1.95. The number of amides is 1. The van der Waals surface area contributed by atoms with Crippen LogP contribution in [0.25, 0.3) is 11.0 Å². The van der Waals surface area contributed by atoms with Gasteiger partial charge in [-0.05, 0) is 25.3 Å². The molecule has 0 spiro atoms. The van der Waals surface area contributed by atoms with Gasteiger partial charge in [-0.25, -0.2) is 4.98 Å². The van der Waals surface area contributed by atoms with Gasteiger partial charge >= 0.3 is 0 Å². The van der Waals surface area contributed by atoms with Crippen LogP contribution in [0.4, 0.5) is 0 Å². The van der Waals surface area contributed by atoms with E-state index in [4.69, 9.17) is 4.74 Å². The fourth-order valence-corrected chi connectivity index (χ4v) is 2.23. The van der Waals surface area contributed by atoms with Crippen LogP contribution in [0.2, 0.25) is 0 Å². The van der Waals surface area contributed by atoms with Crippen molar-refractivity contribution in [2.45, 2.75) is 27.2 Å². The van der Waals surface area contributed by atoms with E-state index in [2.05, 4.69) is 29.2 Å². The lowest BCUT2D eigenvalue weighted by molar-refractivity contribution is 0.0925. The Kier molecular flexibility index (Phi) is 5.49. The molecule has 0 bridgehead atoms. The summed E-state index contributed by atoms with van der Waals surface area (Å²) >= 11 is 0. The fourth-order valence-electron chi connectivity index (χ4n) is 2.23. The minimum Gasteiger partial charge on any atom is -0.381 e. The van der Waals surface area contributed by atoms with E-state index in [0.717, 1.165) is 29.8 Å². The van der Waals surface area contributed by atoms with Crippen LogP contribution >= 0.6 is 0 Å². The zero-order valence-corrected chi connectivity index (χ0v) is 13.7. The Morgan fingerprint density at radius 3 is 2.95 bits per heavy atom. The zero-order valence-electron chi connectivity index (χ0n) is 13.7. The third-order valence-corrected chi connectivity index (χ3v) is 3.33. The Labute approximate surface area is 130 Å². The van der Waals surface area contributed by atoms with Crippen molar-refractivity contribution < 1.29 is 9.53 Å². The quantitative estimate of drug-likeness (QED) is 0.795. The molecule has 0 aliphatic carbocycles. The molecule has 2 aromatic heterocycles. The van der Waals surface area contributed by atoms with E-state index in [1.54, 1.807) is 10.9 Å². The summed E-state index contributed by atoms with van der Waals surface area (Å²) in [5.41, 5.74) is 2.23. The largest absolute Gasteiger partial charge is 0.381 e. The summed E-state index contributed by atoms with van der Waals surface area (Å²) in [5, 5.41) is 8.11. The van der Waals surface area contributed by atoms with Crippen LogP contribution in [0.1, 0.15) is 36.3 Å². The molecule has 2 heterocycles. The van der Waals surface area contributed by atoms with Crippen molar-refractivity contribution >= 4 is 16.9 Å². The number of hydrogen-bond donors (Lipinski definition) is 1. The number of pyridine rings is 1. The number of nitrogens with zero attached hydrogens (tertiary/aromatic N) is 3. The van der Waals surface area contributed by atoms with Crippen LogP contribution in [0.15, 0.2) is 12.3 Å². The van der Waals surface area contributed by atoms with Crippen molar-refractivity contribution in [3.63, 3.8) is 0 Å². The van der Waals surface area contributed by atoms with Crippen molar-refractivity contribution in [3.05, 3.63) is 23.5 Å². The molecule has 0 aromatic carbocycles. The van der Waals surface area contributed by atoms with Crippen molar-refractivity contribution in [3.8, 4) is 0 Å². The Morgan fingerprint density at radius 2 is 2.23 bits per heavy atom. The maximum absolute atomic E-state index is 12.1. The summed E-state index contributed by atoms with van der Waals surface area (Å²) in [6.07, 6.45) is 2.40. The molecule has 2 rings (SSSR count). The standard InChI is InChI=1S/C16H24N4O2/c1-11(2)10-22-7-5-6-17-16(21)13-8-14-12(3)19-20(4)15(14)18-9-13/h8-9,11H,5-7,10H2,1-4H3,(H,17,21). The van der Waals surface area contributed by atoms with Crippen LogP contribution < -0.4 is 5.32 Å². The molecular weight excluding hydrogens is 280 g/mol. The number of hydrogen-bond acceptors (Lipinski definition) is 4. The van der Waals surface area contributed by atoms with Gasteiger partial charge in [-0.2, -0.15) is 5.10 Å². The van der Waals surface area contributed by atoms with Crippen molar-refractivity contribution in [1.29, 1.82) is 0 Å². The van der Waals surface area contributed by atoms with Crippen molar-refractivity contribution in [1.82, 2.24) is 20.1 Å². The van der Waals surface area contributed by atoms with Gasteiger partial charge in [-0.15, -0.1) is 0 Å². The van der Waals surface area contributed by atoms with Gasteiger partial charge in [0, 0.05) is 38.4 Å². The molecular formula is C16H24N4O2. The first-order valence-corrected chi connectivity index (χ1v) is 7.64. The normalized spacial score (nSPS) is 11.3. The smallest absolute Gasteiger partial charge is 0.252 e. The second-order valence-electron chi connectivity index (χ2n) is 5.88. The van der Waals surface area contributed by atoms with Gasteiger partial charge in [0.2, 0.25) is 0 Å². The van der Waals surface area contributed by atoms with E-state index in [1.807, 2.05) is 20.0 Å². The monoisotopic (exact) mass is 304 g/mol. The Morgan fingerprint density at radius 1 is 1.45 bits per heavy atom. The SMILES string of the molecule is Cc1nn(C)c2ncc(C(=O)NCCCOCC(C)C)cc12. The van der Waals surface area contributed by atoms with E-state index in [0.29, 0.717) is 24.6 Å². The van der Waals surface area contributed by atoms with Gasteiger partial charge in [-0.1, -0.05) is 13.8 Å². The molecule has 22 heavy (non-hydrogen) atoms. The molecule has 6 nitrogen and oxygen atoms in total. The summed E-state index contributed by atoms with van der Waals surface area (Å²) in [5.74, 6) is 0.427. The fraction of sp³-hybridized carbons (Fsp3) is 0.562. The number of aryl methyl sites for hydroxylation is 2. The average molecular weight is 304 g/mol. The third-order valence-electron chi connectivity index (χ3n) is 3.33. The molecule has 0 aliphatic rings. The summed E-state index contributed by atoms with van der Waals surface area (Å²) in [6.45, 7) is 8.17. The second kappa shape index (κ2) is 7.35. The van der Waals surface area contributed by atoms with Gasteiger partial charge in [0.1, 0.15) is 0 Å². The Balaban J connectivity index is 1.86. The molecule has 1 N–H and O–H groups in total. The number of aromatic nitrogens is 3. The number of nitrogens with one attached hydrogen (secondary N) is 1. The number of rotatable bonds is 7. The highest BCUT2D eigenvalue weighted by atomic mass is 16.5. The predicted octanol–water partition coefficient (Wildman–Crippen LogP) is 2.07. The van der Waals surface area contributed by atoms with Crippen LogP contribution in [0.5, 0.6) is 0 Å². The lowest BCUT2D eigenvalue weighted by atomic mass is 10.2. The molecule has 1 amide bonds. The zero-order chi connectivity index (χ0) is 16.1. The van der Waals surface area contributed by atoms with Gasteiger partial charge in [0.05, 0.1) is 11.3 Å². The van der Waals surface area contributed by atoms with Crippen LogP contribution in [-0.2, 0) is 11.8 Å². The highest BCUT2D eigenvalue weighted by molar-refractivity contribution is 5.97. The maximum Gasteiger partial charge on any atom is 0.252 e. The molecule has 0 unspecified atom stereocenters. The van der Waals surface area contributed by atoms with Crippen LogP contribution in [0.3, 0.4) is 0 Å². The van der Waals surface area contributed by atoms with Crippen molar-refractivity contribution in [2.75, 3.05) is 19.8 Å². The first-order chi connectivity index (χ1) is 10.5. The molecule has 0 atom stereocenters. The minimum absolute atomic E-state index is 0.110. The van der Waals surface area contributed by atoms with Crippen LogP contribution in [-0.4, -0.2) is 40.4 Å². The highest BCUT2D eigenvalue weighted by Gasteiger charge is 2.11. The molecule has 0 radical (unpaired) electrons. The summed E-state index contributed by atoms with van der Waals surface area (Å²) < 4.78 is 7.20. The van der Waals surface area contributed by atoms with E-state index in [-0.39, 0.29) is 5.91 Å². The highest BCUT2D eigenvalue weighted by Crippen LogP contribution is 2.16. The number of carbonyl (C=O) groups is 1. The van der Waals surface area contributed by atoms with Gasteiger partial charge in [-0.3, -0.25) is 9.48 Å². The van der Waals surface area contributed by atoms with E-state index < -0.39 is 0 Å². The van der Waals surface area contributed by atoms with Crippen LogP contribution in [0, 0.1) is 12.8 Å². The van der Waals surface area contributed by atoms with Crippen molar-refractivity contribution in [2.24, 2.45) is 13.0 Å². The molecule has 0 saturated heterocycles. The molecule has 0 saturated carbocycles. The first kappa shape index (κ1) is 16.4. The molecule has 2 aromatic rings. The number of ether oxygens (including phenoxy) is 1. The third kappa shape index (κ3) is 4.04.